The lowest BCUT2D eigenvalue weighted by Crippen LogP contribution is -2.23. The van der Waals surface area contributed by atoms with E-state index in [0.717, 1.165) is 11.5 Å². The van der Waals surface area contributed by atoms with E-state index in [0.29, 0.717) is 5.69 Å². The number of aliphatic imine (C=N–C) groups is 1. The van der Waals surface area contributed by atoms with Crippen molar-refractivity contribution in [3.8, 4) is 0 Å². The van der Waals surface area contributed by atoms with Crippen molar-refractivity contribution in [2.75, 3.05) is 24.3 Å². The van der Waals surface area contributed by atoms with Gasteiger partial charge in [0.15, 0.2) is 0 Å². The van der Waals surface area contributed by atoms with Crippen LogP contribution in [-0.4, -0.2) is 32.1 Å². The highest BCUT2D eigenvalue weighted by Crippen LogP contribution is 2.17. The first-order valence-corrected chi connectivity index (χ1v) is 6.19. The lowest BCUT2D eigenvalue weighted by atomic mass is 10.2. The zero-order valence-corrected chi connectivity index (χ0v) is 13.3. The number of nitrogens with one attached hydrogen (secondary N) is 1. The second kappa shape index (κ2) is 8.43. The van der Waals surface area contributed by atoms with Crippen molar-refractivity contribution < 1.29 is 9.53 Å². The Bertz CT molecular complexity index is 458. The van der Waals surface area contributed by atoms with Crippen LogP contribution in [0.4, 0.5) is 16.2 Å². The first-order valence-electron chi connectivity index (χ1n) is 6.19. The van der Waals surface area contributed by atoms with E-state index in [1.807, 2.05) is 57.0 Å². The van der Waals surface area contributed by atoms with Crippen molar-refractivity contribution in [2.24, 2.45) is 4.99 Å². The molecule has 0 aliphatic carbocycles. The fourth-order valence-electron chi connectivity index (χ4n) is 1.47. The summed E-state index contributed by atoms with van der Waals surface area (Å²) in [5.41, 5.74) is 1.71. The van der Waals surface area contributed by atoms with Crippen LogP contribution >= 0.6 is 12.4 Å². The molecule has 0 aliphatic heterocycles. The molecule has 6 heteroatoms. The normalized spacial score (nSPS) is 10.8. The Labute approximate surface area is 126 Å². The summed E-state index contributed by atoms with van der Waals surface area (Å²) in [6, 6.07) is 7.49. The van der Waals surface area contributed by atoms with Gasteiger partial charge in [0.05, 0.1) is 11.9 Å². The largest absolute Gasteiger partial charge is 0.447 e. The van der Waals surface area contributed by atoms with Gasteiger partial charge in [-0.15, -0.1) is 12.4 Å². The average molecular weight is 300 g/mol. The zero-order valence-electron chi connectivity index (χ0n) is 12.5. The van der Waals surface area contributed by atoms with Crippen LogP contribution < -0.4 is 10.2 Å². The lowest BCUT2D eigenvalue weighted by molar-refractivity contribution is 0.130. The Hall–Kier alpha value is -1.75. The van der Waals surface area contributed by atoms with Crippen LogP contribution in [0, 0.1) is 0 Å². The van der Waals surface area contributed by atoms with Gasteiger partial charge in [-0.25, -0.2) is 4.79 Å². The summed E-state index contributed by atoms with van der Waals surface area (Å²) in [5.74, 6) is 0.917. The fourth-order valence-corrected chi connectivity index (χ4v) is 1.47. The molecule has 1 aromatic carbocycles. The Morgan fingerprint density at radius 1 is 1.30 bits per heavy atom. The van der Waals surface area contributed by atoms with E-state index in [-0.39, 0.29) is 18.5 Å². The van der Waals surface area contributed by atoms with E-state index >= 15 is 0 Å². The molecular formula is C14H22ClN3O2. The minimum atomic E-state index is -0.442. The van der Waals surface area contributed by atoms with Crippen molar-refractivity contribution in [3.05, 3.63) is 24.3 Å². The maximum absolute atomic E-state index is 11.4. The summed E-state index contributed by atoms with van der Waals surface area (Å²) in [7, 11) is 3.70. The minimum absolute atomic E-state index is 0. The number of ether oxygens (including phenoxy) is 1. The summed E-state index contributed by atoms with van der Waals surface area (Å²) in [6.45, 7) is 5.56. The topological polar surface area (TPSA) is 53.9 Å². The predicted octanol–water partition coefficient (Wildman–Crippen LogP) is 3.55. The first kappa shape index (κ1) is 18.2. The number of hydrogen-bond donors (Lipinski definition) is 1. The molecule has 1 amide bonds. The lowest BCUT2D eigenvalue weighted by Gasteiger charge is -2.18. The van der Waals surface area contributed by atoms with E-state index in [9.17, 15) is 4.79 Å². The molecule has 1 rings (SSSR count). The summed E-state index contributed by atoms with van der Waals surface area (Å²) in [5, 5.41) is 2.67. The molecule has 1 aromatic rings. The summed E-state index contributed by atoms with van der Waals surface area (Å²) >= 11 is 0. The fraction of sp³-hybridized carbons (Fsp3) is 0.429. The van der Waals surface area contributed by atoms with Gasteiger partial charge in [-0.05, 0) is 45.0 Å². The number of anilines is 2. The first-order chi connectivity index (χ1) is 8.93. The van der Waals surface area contributed by atoms with Gasteiger partial charge in [-0.1, -0.05) is 0 Å². The maximum atomic E-state index is 11.4. The van der Waals surface area contributed by atoms with Crippen LogP contribution in [0.5, 0.6) is 0 Å². The smallest absolute Gasteiger partial charge is 0.411 e. The maximum Gasteiger partial charge on any atom is 0.411 e. The van der Waals surface area contributed by atoms with Gasteiger partial charge in [0.25, 0.3) is 0 Å². The van der Waals surface area contributed by atoms with Crippen LogP contribution in [0.15, 0.2) is 29.3 Å². The van der Waals surface area contributed by atoms with Crippen molar-refractivity contribution in [1.82, 2.24) is 0 Å². The second-order valence-electron chi connectivity index (χ2n) is 4.46. The number of hydrogen-bond acceptors (Lipinski definition) is 3. The molecule has 5 nitrogen and oxygen atoms in total. The molecule has 112 valence electrons. The molecule has 0 unspecified atom stereocenters. The van der Waals surface area contributed by atoms with E-state index in [2.05, 4.69) is 10.3 Å². The van der Waals surface area contributed by atoms with Crippen LogP contribution in [0.3, 0.4) is 0 Å². The molecular weight excluding hydrogens is 278 g/mol. The van der Waals surface area contributed by atoms with Crippen molar-refractivity contribution >= 4 is 35.7 Å². The Morgan fingerprint density at radius 2 is 1.85 bits per heavy atom. The van der Waals surface area contributed by atoms with Gasteiger partial charge in [0.1, 0.15) is 0 Å². The van der Waals surface area contributed by atoms with Gasteiger partial charge in [0, 0.05) is 25.5 Å². The van der Waals surface area contributed by atoms with Crippen LogP contribution in [-0.2, 0) is 4.74 Å². The summed E-state index contributed by atoms with van der Waals surface area (Å²) in [4.78, 5) is 17.5. The van der Waals surface area contributed by atoms with Gasteiger partial charge >= 0.3 is 6.09 Å². The molecule has 0 atom stereocenters. The molecule has 0 saturated carbocycles. The Balaban J connectivity index is 0.00000361. The molecule has 0 fully saturated rings. The highest BCUT2D eigenvalue weighted by atomic mass is 35.5. The number of carbonyl (C=O) groups excluding carboxylic acids is 1. The van der Waals surface area contributed by atoms with Crippen LogP contribution in [0.2, 0.25) is 0 Å². The average Bonchev–Trinajstić information content (AvgIpc) is 2.36. The Morgan fingerprint density at radius 3 is 2.30 bits per heavy atom. The number of rotatable bonds is 3. The predicted molar refractivity (Wildman–Crippen MR) is 86.4 cm³/mol. The minimum Gasteiger partial charge on any atom is -0.447 e. The van der Waals surface area contributed by atoms with E-state index in [1.54, 1.807) is 7.05 Å². The highest BCUT2D eigenvalue weighted by molar-refractivity contribution is 5.95. The molecule has 0 saturated heterocycles. The SMILES string of the molecule is CN=C(C)N(C)c1ccc(NC(=O)OC(C)C)cc1.Cl. The zero-order chi connectivity index (χ0) is 14.4. The number of benzene rings is 1. The molecule has 0 bridgehead atoms. The van der Waals surface area contributed by atoms with Gasteiger partial charge in [-0.3, -0.25) is 10.3 Å². The third-order valence-corrected chi connectivity index (χ3v) is 2.65. The molecule has 0 spiro atoms. The molecule has 0 aromatic heterocycles. The van der Waals surface area contributed by atoms with Crippen molar-refractivity contribution in [2.45, 2.75) is 26.9 Å². The van der Waals surface area contributed by atoms with E-state index < -0.39 is 6.09 Å². The van der Waals surface area contributed by atoms with Gasteiger partial charge < -0.3 is 9.64 Å². The van der Waals surface area contributed by atoms with Crippen molar-refractivity contribution in [1.29, 1.82) is 0 Å². The van der Waals surface area contributed by atoms with Crippen LogP contribution in [0.1, 0.15) is 20.8 Å². The molecule has 0 radical (unpaired) electrons. The van der Waals surface area contributed by atoms with Gasteiger partial charge in [0.2, 0.25) is 0 Å². The molecule has 1 N–H and O–H groups in total. The summed E-state index contributed by atoms with van der Waals surface area (Å²) in [6.07, 6.45) is -0.573. The number of halogens is 1. The number of nitrogens with zero attached hydrogens (tertiary/aromatic N) is 2. The highest BCUT2D eigenvalue weighted by Gasteiger charge is 2.07. The van der Waals surface area contributed by atoms with E-state index in [1.165, 1.54) is 0 Å². The quantitative estimate of drug-likeness (QED) is 0.686. The second-order valence-corrected chi connectivity index (χ2v) is 4.46. The number of carbonyl (C=O) groups is 1. The molecule has 0 aliphatic rings. The third-order valence-electron chi connectivity index (χ3n) is 2.65. The van der Waals surface area contributed by atoms with E-state index in [4.69, 9.17) is 4.74 Å². The Kier molecular flexibility index (Phi) is 7.69. The third kappa shape index (κ3) is 5.48. The monoisotopic (exact) mass is 299 g/mol. The van der Waals surface area contributed by atoms with Gasteiger partial charge in [-0.2, -0.15) is 0 Å². The molecule has 20 heavy (non-hydrogen) atoms. The number of amides is 1. The standard InChI is InChI=1S/C14H21N3O2.ClH/c1-10(2)19-14(18)16-12-6-8-13(9-7-12)17(5)11(3)15-4;/h6-10H,1-5H3,(H,16,18);1H. The summed E-state index contributed by atoms with van der Waals surface area (Å²) < 4.78 is 5.01. The number of amidine groups is 1. The molecule has 0 heterocycles. The van der Waals surface area contributed by atoms with Crippen molar-refractivity contribution in [3.63, 3.8) is 0 Å². The van der Waals surface area contributed by atoms with Crippen LogP contribution in [0.25, 0.3) is 0 Å².